The lowest BCUT2D eigenvalue weighted by Crippen LogP contribution is -2.43. The van der Waals surface area contributed by atoms with Crippen LogP contribution in [0.2, 0.25) is 0 Å². The minimum absolute atomic E-state index is 0.0858. The Bertz CT molecular complexity index is 401. The van der Waals surface area contributed by atoms with Crippen LogP contribution in [0.25, 0.3) is 0 Å². The summed E-state index contributed by atoms with van der Waals surface area (Å²) in [6.45, 7) is 3.61. The largest absolute Gasteiger partial charge is 0.376 e. The summed E-state index contributed by atoms with van der Waals surface area (Å²) in [4.78, 5) is 27.2. The van der Waals surface area contributed by atoms with E-state index in [1.165, 1.54) is 0 Å². The Labute approximate surface area is 90.6 Å². The fourth-order valence-corrected chi connectivity index (χ4v) is 2.15. The van der Waals surface area contributed by atoms with E-state index in [0.29, 0.717) is 0 Å². The van der Waals surface area contributed by atoms with Crippen molar-refractivity contribution in [1.82, 2.24) is 5.01 Å². The lowest BCUT2D eigenvalue weighted by molar-refractivity contribution is -0.141. The first-order valence-corrected chi connectivity index (χ1v) is 5.31. The number of rotatable bonds is 1. The fraction of sp³-hybridized carbons (Fsp3) is 0.500. The van der Waals surface area contributed by atoms with E-state index in [9.17, 15) is 9.59 Å². The van der Waals surface area contributed by atoms with Crippen LogP contribution in [0, 0.1) is 11.8 Å². The van der Waals surface area contributed by atoms with Gasteiger partial charge < -0.3 is 5.73 Å². The zero-order valence-corrected chi connectivity index (χ0v) is 9.11. The molecule has 0 aromatic heterocycles. The summed E-state index contributed by atoms with van der Waals surface area (Å²) in [5, 5.41) is 5.43. The molecule has 0 aliphatic carbocycles. The molecule has 1 atom stereocenters. The maximum absolute atomic E-state index is 11.9. The summed E-state index contributed by atoms with van der Waals surface area (Å²) in [6, 6.07) is 0. The Morgan fingerprint density at radius 1 is 1.47 bits per heavy atom. The van der Waals surface area contributed by atoms with Crippen molar-refractivity contribution in [2.45, 2.75) is 13.8 Å². The molecule has 2 amide bonds. The van der Waals surface area contributed by atoms with Crippen molar-refractivity contribution in [3.63, 3.8) is 0 Å². The third-order valence-corrected chi connectivity index (χ3v) is 2.93. The highest BCUT2D eigenvalue weighted by Gasteiger charge is 2.42. The molecular weight excluding hydrogens is 216 g/mol. The van der Waals surface area contributed by atoms with Gasteiger partial charge in [0, 0.05) is 0 Å². The predicted octanol–water partition coefficient (Wildman–Crippen LogP) is -0.0401. The molecule has 0 saturated carbocycles. The molecule has 0 saturated heterocycles. The lowest BCUT2D eigenvalue weighted by atomic mass is 9.93. The van der Waals surface area contributed by atoms with Gasteiger partial charge in [-0.2, -0.15) is 10.0 Å². The van der Waals surface area contributed by atoms with Crippen molar-refractivity contribution < 1.29 is 9.59 Å². The Kier molecular flexibility index (Phi) is 2.26. The van der Waals surface area contributed by atoms with Gasteiger partial charge in [-0.1, -0.05) is 13.8 Å². The van der Waals surface area contributed by atoms with Crippen LogP contribution < -0.4 is 5.73 Å². The number of aliphatic imine (C=N–C) groups is 1. The van der Waals surface area contributed by atoms with Crippen molar-refractivity contribution >= 4 is 33.9 Å². The minimum Gasteiger partial charge on any atom is -0.376 e. The summed E-state index contributed by atoms with van der Waals surface area (Å²) >= 11 is 1.03. The van der Waals surface area contributed by atoms with Crippen molar-refractivity contribution in [2.75, 3.05) is 0 Å². The molecule has 0 radical (unpaired) electrons. The van der Waals surface area contributed by atoms with Crippen molar-refractivity contribution in [3.8, 4) is 0 Å². The second-order valence-electron chi connectivity index (χ2n) is 3.64. The molecule has 2 heterocycles. The zero-order chi connectivity index (χ0) is 11.2. The molecule has 2 N–H and O–H groups in total. The van der Waals surface area contributed by atoms with Gasteiger partial charge in [-0.3, -0.25) is 9.59 Å². The maximum Gasteiger partial charge on any atom is 0.262 e. The number of amidine groups is 2. The third-order valence-electron chi connectivity index (χ3n) is 2.19. The number of fused-ring (bicyclic) bond motifs is 1. The molecule has 15 heavy (non-hydrogen) atoms. The summed E-state index contributed by atoms with van der Waals surface area (Å²) in [5.74, 6) is -1.56. The van der Waals surface area contributed by atoms with Crippen LogP contribution in [0.15, 0.2) is 10.1 Å². The van der Waals surface area contributed by atoms with E-state index in [-0.39, 0.29) is 22.2 Å². The minimum atomic E-state index is -0.732. The lowest BCUT2D eigenvalue weighted by Gasteiger charge is -2.24. The van der Waals surface area contributed by atoms with Crippen molar-refractivity contribution in [2.24, 2.45) is 27.7 Å². The number of carbonyl (C=O) groups is 2. The fourth-order valence-electron chi connectivity index (χ4n) is 1.48. The molecule has 0 aromatic rings. The molecule has 1 unspecified atom stereocenters. The van der Waals surface area contributed by atoms with E-state index in [2.05, 4.69) is 10.1 Å². The molecule has 0 aromatic carbocycles. The molecule has 2 rings (SSSR count). The van der Waals surface area contributed by atoms with Gasteiger partial charge in [0.2, 0.25) is 5.17 Å². The van der Waals surface area contributed by atoms with E-state index in [1.807, 2.05) is 0 Å². The van der Waals surface area contributed by atoms with Gasteiger partial charge in [0.15, 0.2) is 5.17 Å². The third kappa shape index (κ3) is 1.52. The summed E-state index contributed by atoms with van der Waals surface area (Å²) in [6.07, 6.45) is 0. The standard InChI is InChI=1S/C8H10N4O2S/c1-3(2)4-5(13)10-8-12(6(4)14)11-7(9)15-8/h3-4H,1-2H3,(H2,9,11). The Balaban J connectivity index is 2.39. The second-order valence-corrected chi connectivity index (χ2v) is 4.63. The number of nitrogens with two attached hydrogens (primary N) is 1. The first-order valence-electron chi connectivity index (χ1n) is 4.49. The highest BCUT2D eigenvalue weighted by molar-refractivity contribution is 8.26. The van der Waals surface area contributed by atoms with Gasteiger partial charge in [-0.15, -0.1) is 5.10 Å². The van der Waals surface area contributed by atoms with E-state index in [1.54, 1.807) is 13.8 Å². The van der Waals surface area contributed by atoms with Crippen LogP contribution in [-0.2, 0) is 9.59 Å². The Hall–Kier alpha value is -1.37. The average Bonchev–Trinajstić information content (AvgIpc) is 2.45. The number of thioether (sulfide) groups is 1. The number of nitrogens with zero attached hydrogens (tertiary/aromatic N) is 3. The van der Waals surface area contributed by atoms with Gasteiger partial charge in [0.05, 0.1) is 0 Å². The van der Waals surface area contributed by atoms with Crippen molar-refractivity contribution in [1.29, 1.82) is 0 Å². The van der Waals surface area contributed by atoms with Gasteiger partial charge in [0.25, 0.3) is 11.8 Å². The van der Waals surface area contributed by atoms with Crippen LogP contribution >= 0.6 is 11.8 Å². The summed E-state index contributed by atoms with van der Waals surface area (Å²) < 4.78 is 0. The molecular formula is C8H10N4O2S. The highest BCUT2D eigenvalue weighted by Crippen LogP contribution is 2.28. The van der Waals surface area contributed by atoms with Crippen LogP contribution in [-0.4, -0.2) is 27.2 Å². The molecule has 0 spiro atoms. The number of hydrogen-bond donors (Lipinski definition) is 1. The van der Waals surface area contributed by atoms with Gasteiger partial charge in [-0.05, 0) is 17.7 Å². The predicted molar refractivity (Wildman–Crippen MR) is 56.8 cm³/mol. The topological polar surface area (TPSA) is 88.1 Å². The average molecular weight is 226 g/mol. The molecule has 80 valence electrons. The first-order chi connectivity index (χ1) is 7.00. The number of amides is 2. The first kappa shape index (κ1) is 10.2. The summed E-state index contributed by atoms with van der Waals surface area (Å²) in [7, 11) is 0. The van der Waals surface area contributed by atoms with E-state index in [4.69, 9.17) is 5.73 Å². The van der Waals surface area contributed by atoms with Crippen molar-refractivity contribution in [3.05, 3.63) is 0 Å². The van der Waals surface area contributed by atoms with E-state index >= 15 is 0 Å². The van der Waals surface area contributed by atoms with Gasteiger partial charge in [0.1, 0.15) is 5.92 Å². The monoisotopic (exact) mass is 226 g/mol. The van der Waals surface area contributed by atoms with Gasteiger partial charge in [-0.25, -0.2) is 0 Å². The molecule has 0 bridgehead atoms. The zero-order valence-electron chi connectivity index (χ0n) is 8.30. The van der Waals surface area contributed by atoms with Crippen LogP contribution in [0.5, 0.6) is 0 Å². The van der Waals surface area contributed by atoms with Crippen LogP contribution in [0.1, 0.15) is 13.8 Å². The number of hydrazone groups is 1. The summed E-state index contributed by atoms with van der Waals surface area (Å²) in [5.41, 5.74) is 5.45. The molecule has 2 aliphatic rings. The van der Waals surface area contributed by atoms with Gasteiger partial charge >= 0.3 is 0 Å². The number of carbonyl (C=O) groups excluding carboxylic acids is 2. The van der Waals surface area contributed by atoms with E-state index in [0.717, 1.165) is 16.8 Å². The number of hydrogen-bond acceptors (Lipinski definition) is 5. The normalized spacial score (nSPS) is 25.5. The highest BCUT2D eigenvalue weighted by atomic mass is 32.2. The van der Waals surface area contributed by atoms with Crippen LogP contribution in [0.3, 0.4) is 0 Å². The SMILES string of the molecule is CC(C)C1C(=O)N=C2SC(N)=NN2C1=O. The second kappa shape index (κ2) is 3.34. The molecule has 7 heteroatoms. The molecule has 0 fully saturated rings. The molecule has 2 aliphatic heterocycles. The quantitative estimate of drug-likeness (QED) is 0.635. The molecule has 6 nitrogen and oxygen atoms in total. The van der Waals surface area contributed by atoms with Crippen LogP contribution in [0.4, 0.5) is 0 Å². The van der Waals surface area contributed by atoms with E-state index < -0.39 is 11.8 Å². The Morgan fingerprint density at radius 2 is 2.13 bits per heavy atom. The Morgan fingerprint density at radius 3 is 2.73 bits per heavy atom. The maximum atomic E-state index is 11.9. The smallest absolute Gasteiger partial charge is 0.262 e.